The Morgan fingerprint density at radius 2 is 1.91 bits per heavy atom. The number of carbonyl (C=O) groups is 1. The summed E-state index contributed by atoms with van der Waals surface area (Å²) in [4.78, 5) is 22.8. The van der Waals surface area contributed by atoms with Crippen molar-refractivity contribution in [3.05, 3.63) is 99.1 Å². The SMILES string of the molecule is CC1=C(C(N)=O)[C@H](c2ccc(Cl)cc2F)N=C(c2ccnc(Cl)c2)N1c1cc2cn[nH]c2cc1F. The fourth-order valence-electron chi connectivity index (χ4n) is 4.15. The summed E-state index contributed by atoms with van der Waals surface area (Å²) in [5, 5.41) is 7.65. The van der Waals surface area contributed by atoms with E-state index in [-0.39, 0.29) is 38.5 Å². The van der Waals surface area contributed by atoms with Gasteiger partial charge in [0.15, 0.2) is 0 Å². The normalized spacial score (nSPS) is 16.1. The first-order valence-electron chi connectivity index (χ1n) is 10.3. The third kappa shape index (κ3) is 4.02. The predicted octanol–water partition coefficient (Wildman–Crippen LogP) is 5.31. The number of allylic oxidation sites excluding steroid dienone is 1. The van der Waals surface area contributed by atoms with Gasteiger partial charge in [0.2, 0.25) is 5.91 Å². The van der Waals surface area contributed by atoms with E-state index < -0.39 is 23.6 Å². The zero-order chi connectivity index (χ0) is 24.9. The third-order valence-corrected chi connectivity index (χ3v) is 6.16. The standard InChI is InChI=1S/C24H16Cl2F2N6O/c1-11-21(23(29)35)22(15-3-2-14(25)8-16(15)27)32-24(12-4-5-30-20(26)7-12)34(11)19-6-13-10-31-33-18(13)9-17(19)28/h2-10,22H,1H3,(H2,29,35)(H,31,33)/t22-/m0/s1. The number of carbonyl (C=O) groups excluding carboxylic acids is 1. The molecule has 1 atom stereocenters. The lowest BCUT2D eigenvalue weighted by atomic mass is 9.93. The number of nitrogens with zero attached hydrogens (tertiary/aromatic N) is 4. The second kappa shape index (κ2) is 8.75. The minimum atomic E-state index is -1.11. The molecule has 3 heterocycles. The summed E-state index contributed by atoms with van der Waals surface area (Å²) in [7, 11) is 0. The fraction of sp³-hybridized carbons (Fsp3) is 0.0833. The maximum atomic E-state index is 15.4. The summed E-state index contributed by atoms with van der Waals surface area (Å²) in [6.45, 7) is 1.59. The van der Waals surface area contributed by atoms with Crippen molar-refractivity contribution >= 4 is 51.5 Å². The average molecular weight is 513 g/mol. The number of benzene rings is 2. The first-order chi connectivity index (χ1) is 16.7. The molecule has 0 aliphatic carbocycles. The van der Waals surface area contributed by atoms with Gasteiger partial charge in [-0.05, 0) is 37.3 Å². The number of amides is 1. The molecule has 2 aromatic carbocycles. The summed E-state index contributed by atoms with van der Waals surface area (Å²) < 4.78 is 30.4. The summed E-state index contributed by atoms with van der Waals surface area (Å²) in [5.41, 5.74) is 7.17. The number of rotatable bonds is 4. The molecule has 1 amide bonds. The molecule has 0 bridgehead atoms. The van der Waals surface area contributed by atoms with Gasteiger partial charge < -0.3 is 5.73 Å². The molecule has 0 radical (unpaired) electrons. The van der Waals surface area contributed by atoms with E-state index in [4.69, 9.17) is 33.9 Å². The van der Waals surface area contributed by atoms with Gasteiger partial charge in [-0.2, -0.15) is 5.10 Å². The number of H-pyrrole nitrogens is 1. The number of anilines is 1. The second-order valence-electron chi connectivity index (χ2n) is 7.85. The number of amidine groups is 1. The van der Waals surface area contributed by atoms with Crippen LogP contribution < -0.4 is 10.6 Å². The molecule has 11 heteroatoms. The van der Waals surface area contributed by atoms with Crippen LogP contribution in [0, 0.1) is 11.6 Å². The van der Waals surface area contributed by atoms with Crippen molar-refractivity contribution in [2.24, 2.45) is 10.7 Å². The molecule has 0 spiro atoms. The van der Waals surface area contributed by atoms with Gasteiger partial charge in [-0.3, -0.25) is 19.8 Å². The Balaban J connectivity index is 1.80. The number of hydrogen-bond acceptors (Lipinski definition) is 5. The molecule has 5 rings (SSSR count). The number of halogens is 4. The van der Waals surface area contributed by atoms with E-state index in [0.717, 1.165) is 6.07 Å². The molecular weight excluding hydrogens is 497 g/mol. The van der Waals surface area contributed by atoms with Crippen LogP contribution in [0.25, 0.3) is 10.9 Å². The summed E-state index contributed by atoms with van der Waals surface area (Å²) >= 11 is 12.1. The van der Waals surface area contributed by atoms with Crippen LogP contribution >= 0.6 is 23.2 Å². The van der Waals surface area contributed by atoms with E-state index in [9.17, 15) is 9.18 Å². The lowest BCUT2D eigenvalue weighted by Crippen LogP contribution is -2.39. The van der Waals surface area contributed by atoms with Crippen LogP contribution in [-0.4, -0.2) is 26.9 Å². The first kappa shape index (κ1) is 22.9. The smallest absolute Gasteiger partial charge is 0.248 e. The highest BCUT2D eigenvalue weighted by Gasteiger charge is 2.36. The van der Waals surface area contributed by atoms with Gasteiger partial charge in [0, 0.05) is 39.5 Å². The molecule has 1 aliphatic heterocycles. The molecule has 4 aromatic rings. The Kier molecular flexibility index (Phi) is 5.74. The van der Waals surface area contributed by atoms with E-state index in [1.165, 1.54) is 29.3 Å². The minimum absolute atomic E-state index is 0.00168. The maximum absolute atomic E-state index is 15.4. The molecular formula is C24H16Cl2F2N6O. The van der Waals surface area contributed by atoms with Gasteiger partial charge in [0.05, 0.1) is 23.0 Å². The number of nitrogens with two attached hydrogens (primary N) is 1. The van der Waals surface area contributed by atoms with Gasteiger partial charge in [0.25, 0.3) is 0 Å². The monoisotopic (exact) mass is 512 g/mol. The molecule has 0 unspecified atom stereocenters. The largest absolute Gasteiger partial charge is 0.366 e. The minimum Gasteiger partial charge on any atom is -0.366 e. The van der Waals surface area contributed by atoms with Crippen LogP contribution in [-0.2, 0) is 4.79 Å². The summed E-state index contributed by atoms with van der Waals surface area (Å²) in [6, 6.07) is 8.97. The topological polar surface area (TPSA) is 100 Å². The van der Waals surface area contributed by atoms with Crippen molar-refractivity contribution in [2.75, 3.05) is 4.90 Å². The molecule has 3 N–H and O–H groups in total. The van der Waals surface area contributed by atoms with E-state index in [1.54, 1.807) is 31.3 Å². The molecule has 7 nitrogen and oxygen atoms in total. The highest BCUT2D eigenvalue weighted by Crippen LogP contribution is 2.40. The summed E-state index contributed by atoms with van der Waals surface area (Å²) in [5.74, 6) is -1.87. The van der Waals surface area contributed by atoms with Crippen LogP contribution in [0.5, 0.6) is 0 Å². The van der Waals surface area contributed by atoms with Gasteiger partial charge in [0.1, 0.15) is 28.7 Å². The lowest BCUT2D eigenvalue weighted by molar-refractivity contribution is -0.114. The molecule has 0 saturated carbocycles. The molecule has 1 aliphatic rings. The Morgan fingerprint density at radius 1 is 1.11 bits per heavy atom. The van der Waals surface area contributed by atoms with Crippen LogP contribution in [0.3, 0.4) is 0 Å². The van der Waals surface area contributed by atoms with Crippen LogP contribution in [0.1, 0.15) is 24.1 Å². The highest BCUT2D eigenvalue weighted by atomic mass is 35.5. The molecule has 0 fully saturated rings. The van der Waals surface area contributed by atoms with E-state index in [0.29, 0.717) is 16.5 Å². The van der Waals surface area contributed by atoms with E-state index >= 15 is 4.39 Å². The number of aromatic amines is 1. The Labute approximate surface area is 207 Å². The van der Waals surface area contributed by atoms with Gasteiger partial charge >= 0.3 is 0 Å². The Morgan fingerprint density at radius 3 is 2.63 bits per heavy atom. The molecule has 176 valence electrons. The summed E-state index contributed by atoms with van der Waals surface area (Å²) in [6.07, 6.45) is 3.01. The second-order valence-corrected chi connectivity index (χ2v) is 8.67. The highest BCUT2D eigenvalue weighted by molar-refractivity contribution is 6.30. The maximum Gasteiger partial charge on any atom is 0.248 e. The van der Waals surface area contributed by atoms with Crippen molar-refractivity contribution in [1.29, 1.82) is 0 Å². The quantitative estimate of drug-likeness (QED) is 0.361. The lowest BCUT2D eigenvalue weighted by Gasteiger charge is -2.35. The van der Waals surface area contributed by atoms with E-state index in [1.807, 2.05) is 0 Å². The fourth-order valence-corrected chi connectivity index (χ4v) is 4.48. The van der Waals surface area contributed by atoms with Crippen LogP contribution in [0.2, 0.25) is 10.2 Å². The zero-order valence-corrected chi connectivity index (χ0v) is 19.6. The zero-order valence-electron chi connectivity index (χ0n) is 18.1. The molecule has 35 heavy (non-hydrogen) atoms. The van der Waals surface area contributed by atoms with Crippen LogP contribution in [0.15, 0.2) is 71.1 Å². The first-order valence-corrected chi connectivity index (χ1v) is 11.1. The average Bonchev–Trinajstić information content (AvgIpc) is 3.25. The number of pyridine rings is 1. The van der Waals surface area contributed by atoms with Crippen LogP contribution in [0.4, 0.5) is 14.5 Å². The van der Waals surface area contributed by atoms with E-state index in [2.05, 4.69) is 15.2 Å². The number of fused-ring (bicyclic) bond motifs is 1. The number of aromatic nitrogens is 3. The Hall–Kier alpha value is -3.82. The van der Waals surface area contributed by atoms with Crippen molar-refractivity contribution < 1.29 is 13.6 Å². The van der Waals surface area contributed by atoms with Crippen molar-refractivity contribution in [3.63, 3.8) is 0 Å². The van der Waals surface area contributed by atoms with Crippen molar-refractivity contribution in [3.8, 4) is 0 Å². The van der Waals surface area contributed by atoms with Gasteiger partial charge in [-0.1, -0.05) is 29.3 Å². The van der Waals surface area contributed by atoms with Gasteiger partial charge in [-0.25, -0.2) is 13.8 Å². The number of primary amides is 1. The molecule has 2 aromatic heterocycles. The number of aliphatic imine (C=N–C) groups is 1. The number of hydrogen-bond donors (Lipinski definition) is 2. The van der Waals surface area contributed by atoms with Gasteiger partial charge in [-0.15, -0.1) is 0 Å². The van der Waals surface area contributed by atoms with Crippen molar-refractivity contribution in [1.82, 2.24) is 15.2 Å². The van der Waals surface area contributed by atoms with Crippen molar-refractivity contribution in [2.45, 2.75) is 13.0 Å². The Bertz CT molecular complexity index is 1560. The predicted molar refractivity (Wildman–Crippen MR) is 130 cm³/mol. The molecule has 0 saturated heterocycles. The number of nitrogens with one attached hydrogen (secondary N) is 1. The third-order valence-electron chi connectivity index (χ3n) is 5.72.